The Hall–Kier alpha value is -4.03. The van der Waals surface area contributed by atoms with Crippen molar-refractivity contribution in [3.05, 3.63) is 60.9 Å². The number of nitrogens with one attached hydrogen (secondary N) is 1. The monoisotopic (exact) mass is 434 g/mol. The van der Waals surface area contributed by atoms with Crippen LogP contribution in [-0.4, -0.2) is 30.5 Å². The van der Waals surface area contributed by atoms with Crippen molar-refractivity contribution < 1.29 is 23.4 Å². The number of amides is 1. The zero-order valence-corrected chi connectivity index (χ0v) is 16.5. The topological polar surface area (TPSA) is 146 Å². The van der Waals surface area contributed by atoms with Gasteiger partial charge >= 0.3 is 0 Å². The molecule has 0 atom stereocenters. The fraction of sp³-hybridized carbons (Fsp3) is 0.278. The van der Waals surface area contributed by atoms with Crippen LogP contribution in [0.3, 0.4) is 0 Å². The molecule has 0 radical (unpaired) electrons. The number of hydrogen-bond donors (Lipinski definition) is 1. The van der Waals surface area contributed by atoms with E-state index in [1.165, 1.54) is 26.8 Å². The normalized spacial score (nSPS) is 11.2. The number of hydrogen-bond acceptors (Lipinski definition) is 7. The van der Waals surface area contributed by atoms with Gasteiger partial charge in [0.2, 0.25) is 5.91 Å². The molecule has 2 heterocycles. The third kappa shape index (κ3) is 4.15. The molecule has 1 aromatic carbocycles. The van der Waals surface area contributed by atoms with Gasteiger partial charge in [-0.25, -0.2) is 18.4 Å². The minimum atomic E-state index is -2.76. The quantitative estimate of drug-likeness (QED) is 0.459. The summed E-state index contributed by atoms with van der Waals surface area (Å²) in [5.74, 6) is -0.723. The number of nitro benzene ring substituents is 2. The lowest BCUT2D eigenvalue weighted by molar-refractivity contribution is -0.395. The number of aromatic nitrogens is 3. The van der Waals surface area contributed by atoms with E-state index in [4.69, 9.17) is 0 Å². The number of anilines is 1. The van der Waals surface area contributed by atoms with Gasteiger partial charge < -0.3 is 5.32 Å². The van der Waals surface area contributed by atoms with Crippen molar-refractivity contribution in [3.63, 3.8) is 0 Å². The fourth-order valence-corrected chi connectivity index (χ4v) is 3.27. The predicted octanol–water partition coefficient (Wildman–Crippen LogP) is 3.75. The average molecular weight is 434 g/mol. The second-order valence-electron chi connectivity index (χ2n) is 6.80. The number of rotatable bonds is 6. The highest BCUT2D eigenvalue weighted by atomic mass is 19.3. The lowest BCUT2D eigenvalue weighted by Gasteiger charge is -2.08. The molecule has 13 heteroatoms. The molecule has 0 saturated carbocycles. The lowest BCUT2D eigenvalue weighted by Crippen LogP contribution is -2.20. The Kier molecular flexibility index (Phi) is 5.60. The summed E-state index contributed by atoms with van der Waals surface area (Å²) >= 11 is 0. The molecular weight excluding hydrogens is 418 g/mol. The Labute approximate surface area is 173 Å². The molecule has 0 aliphatic rings. The van der Waals surface area contributed by atoms with Crippen LogP contribution in [0.15, 0.2) is 18.2 Å². The molecule has 1 N–H and O–H groups in total. The third-order valence-electron chi connectivity index (χ3n) is 4.59. The first kappa shape index (κ1) is 21.7. The van der Waals surface area contributed by atoms with Crippen LogP contribution in [0.25, 0.3) is 11.0 Å². The van der Waals surface area contributed by atoms with Crippen LogP contribution in [0.4, 0.5) is 25.8 Å². The Bertz CT molecular complexity index is 1200. The summed E-state index contributed by atoms with van der Waals surface area (Å²) in [5.41, 5.74) is -0.949. The highest BCUT2D eigenvalue weighted by molar-refractivity contribution is 5.93. The first-order valence-electron chi connectivity index (χ1n) is 8.85. The lowest BCUT2D eigenvalue weighted by atomic mass is 10.1. The largest absolute Gasteiger partial charge is 0.324 e. The fourth-order valence-electron chi connectivity index (χ4n) is 3.27. The number of alkyl halides is 2. The van der Waals surface area contributed by atoms with Crippen LogP contribution in [0.1, 0.15) is 28.9 Å². The van der Waals surface area contributed by atoms with Gasteiger partial charge in [-0.2, -0.15) is 5.10 Å². The number of halogens is 2. The highest BCUT2D eigenvalue weighted by Crippen LogP contribution is 2.32. The summed E-state index contributed by atoms with van der Waals surface area (Å²) in [4.78, 5) is 37.5. The standard InChI is InChI=1S/C18H16F2N6O5/c1-8-4-12(17(19)20)16-10(3)23-24(18(16)21-8)7-15(27)22-11-5-13(25(28)29)9(2)14(6-11)26(30)31/h4-6,17H,7H2,1-3H3,(H,22,27). The van der Waals surface area contributed by atoms with Crippen molar-refractivity contribution in [1.29, 1.82) is 0 Å². The van der Waals surface area contributed by atoms with Gasteiger partial charge in [0.1, 0.15) is 12.1 Å². The molecule has 0 unspecified atom stereocenters. The number of fused-ring (bicyclic) bond motifs is 1. The number of carbonyl (C=O) groups is 1. The maximum absolute atomic E-state index is 13.4. The van der Waals surface area contributed by atoms with E-state index in [0.29, 0.717) is 5.69 Å². The van der Waals surface area contributed by atoms with Crippen molar-refractivity contribution in [1.82, 2.24) is 14.8 Å². The molecule has 0 saturated heterocycles. The second-order valence-corrected chi connectivity index (χ2v) is 6.80. The molecule has 0 aliphatic carbocycles. The van der Waals surface area contributed by atoms with Crippen LogP contribution in [0, 0.1) is 41.0 Å². The number of carbonyl (C=O) groups excluding carboxylic acids is 1. The number of nitro groups is 2. The molecule has 2 aromatic heterocycles. The van der Waals surface area contributed by atoms with Crippen molar-refractivity contribution in [2.24, 2.45) is 0 Å². The summed E-state index contributed by atoms with van der Waals surface area (Å²) in [7, 11) is 0. The number of pyridine rings is 1. The van der Waals surface area contributed by atoms with Crippen molar-refractivity contribution in [2.45, 2.75) is 33.7 Å². The van der Waals surface area contributed by atoms with E-state index in [9.17, 15) is 33.8 Å². The van der Waals surface area contributed by atoms with Crippen molar-refractivity contribution in [2.75, 3.05) is 5.32 Å². The Morgan fingerprint density at radius 1 is 1.13 bits per heavy atom. The zero-order valence-electron chi connectivity index (χ0n) is 16.5. The Morgan fingerprint density at radius 2 is 1.71 bits per heavy atom. The average Bonchev–Trinajstić information content (AvgIpc) is 2.96. The molecule has 31 heavy (non-hydrogen) atoms. The van der Waals surface area contributed by atoms with Gasteiger partial charge in [0, 0.05) is 23.4 Å². The van der Waals surface area contributed by atoms with Gasteiger partial charge in [0.15, 0.2) is 5.65 Å². The Morgan fingerprint density at radius 3 is 2.23 bits per heavy atom. The number of nitrogens with zero attached hydrogens (tertiary/aromatic N) is 5. The molecule has 3 aromatic rings. The summed E-state index contributed by atoms with van der Waals surface area (Å²) in [6.07, 6.45) is -2.76. The minimum absolute atomic E-state index is 0.0869. The maximum Gasteiger partial charge on any atom is 0.281 e. The van der Waals surface area contributed by atoms with E-state index in [0.717, 1.165) is 16.8 Å². The predicted molar refractivity (Wildman–Crippen MR) is 105 cm³/mol. The van der Waals surface area contributed by atoms with Gasteiger partial charge in [-0.15, -0.1) is 0 Å². The smallest absolute Gasteiger partial charge is 0.281 e. The van der Waals surface area contributed by atoms with Crippen LogP contribution in [-0.2, 0) is 11.3 Å². The summed E-state index contributed by atoms with van der Waals surface area (Å²) in [6.45, 7) is 3.82. The van der Waals surface area contributed by atoms with Crippen LogP contribution in [0.5, 0.6) is 0 Å². The van der Waals surface area contributed by atoms with Gasteiger partial charge in [-0.3, -0.25) is 25.0 Å². The van der Waals surface area contributed by atoms with E-state index in [-0.39, 0.29) is 33.5 Å². The van der Waals surface area contributed by atoms with Crippen LogP contribution < -0.4 is 5.32 Å². The molecule has 0 fully saturated rings. The summed E-state index contributed by atoms with van der Waals surface area (Å²) in [6, 6.07) is 3.25. The first-order valence-corrected chi connectivity index (χ1v) is 8.85. The zero-order chi connectivity index (χ0) is 23.0. The third-order valence-corrected chi connectivity index (χ3v) is 4.59. The number of aryl methyl sites for hydroxylation is 2. The van der Waals surface area contributed by atoms with Gasteiger partial charge in [0.25, 0.3) is 17.8 Å². The molecule has 0 bridgehead atoms. The van der Waals surface area contributed by atoms with Gasteiger partial charge in [-0.1, -0.05) is 0 Å². The van der Waals surface area contributed by atoms with E-state index < -0.39 is 40.1 Å². The second kappa shape index (κ2) is 8.01. The van der Waals surface area contributed by atoms with E-state index in [1.54, 1.807) is 0 Å². The molecule has 1 amide bonds. The maximum atomic E-state index is 13.4. The molecule has 3 rings (SSSR count). The molecular formula is C18H16F2N6O5. The van der Waals surface area contributed by atoms with E-state index >= 15 is 0 Å². The highest BCUT2D eigenvalue weighted by Gasteiger charge is 2.25. The van der Waals surface area contributed by atoms with Crippen LogP contribution in [0.2, 0.25) is 0 Å². The molecule has 11 nitrogen and oxygen atoms in total. The van der Waals surface area contributed by atoms with E-state index in [1.807, 2.05) is 0 Å². The Balaban J connectivity index is 1.96. The molecule has 0 spiro atoms. The SMILES string of the molecule is Cc1cc(C(F)F)c2c(C)nn(CC(=O)Nc3cc([N+](=O)[O-])c(C)c([N+](=O)[O-])c3)c2n1. The van der Waals surface area contributed by atoms with Gasteiger partial charge in [0.05, 0.1) is 26.6 Å². The van der Waals surface area contributed by atoms with Crippen molar-refractivity contribution >= 4 is 34.0 Å². The number of benzene rings is 1. The summed E-state index contributed by atoms with van der Waals surface area (Å²) in [5, 5.41) is 28.9. The summed E-state index contributed by atoms with van der Waals surface area (Å²) < 4.78 is 27.9. The minimum Gasteiger partial charge on any atom is -0.324 e. The van der Waals surface area contributed by atoms with Gasteiger partial charge in [-0.05, 0) is 26.8 Å². The molecule has 162 valence electrons. The van der Waals surface area contributed by atoms with E-state index in [2.05, 4.69) is 15.4 Å². The molecule has 0 aliphatic heterocycles. The first-order chi connectivity index (χ1) is 14.5. The van der Waals surface area contributed by atoms with Crippen LogP contribution >= 0.6 is 0 Å². The van der Waals surface area contributed by atoms with Crippen molar-refractivity contribution in [3.8, 4) is 0 Å².